The average molecular weight is 294 g/mol. The van der Waals surface area contributed by atoms with Crippen molar-refractivity contribution in [3.63, 3.8) is 0 Å². The Morgan fingerprint density at radius 3 is 2.50 bits per heavy atom. The van der Waals surface area contributed by atoms with Crippen LogP contribution in [0.15, 0.2) is 18.2 Å². The fraction of sp³-hybridized carbons (Fsp3) is 0.467. The van der Waals surface area contributed by atoms with Gasteiger partial charge < -0.3 is 5.73 Å². The third-order valence-electron chi connectivity index (χ3n) is 2.39. The summed E-state index contributed by atoms with van der Waals surface area (Å²) < 4.78 is 26.9. The van der Waals surface area contributed by atoms with Crippen molar-refractivity contribution in [3.8, 4) is 11.8 Å². The van der Waals surface area contributed by atoms with Crippen molar-refractivity contribution in [1.29, 1.82) is 0 Å². The van der Waals surface area contributed by atoms with Gasteiger partial charge in [-0.25, -0.2) is 8.42 Å². The quantitative estimate of drug-likeness (QED) is 0.839. The van der Waals surface area contributed by atoms with Crippen LogP contribution in [-0.4, -0.2) is 20.7 Å². The molecule has 0 bridgehead atoms. The first kappa shape index (κ1) is 16.5. The highest BCUT2D eigenvalue weighted by Gasteiger charge is 2.22. The molecule has 0 radical (unpaired) electrons. The van der Waals surface area contributed by atoms with Crippen LogP contribution in [0.4, 0.5) is 5.69 Å². The van der Waals surface area contributed by atoms with Gasteiger partial charge in [0.2, 0.25) is 10.0 Å². The molecule has 5 heteroatoms. The van der Waals surface area contributed by atoms with Crippen molar-refractivity contribution in [2.75, 3.05) is 17.0 Å². The standard InChI is InChI=1S/C15H22N2O2S/c1-12-7-8-14(13(10-12)6-5-9-16)17-20(18,19)11-15(2,3)4/h7-8,10,17H,9,11,16H2,1-4H3. The minimum Gasteiger partial charge on any atom is -0.320 e. The van der Waals surface area contributed by atoms with Crippen LogP contribution in [0.1, 0.15) is 31.9 Å². The molecule has 1 rings (SSSR count). The van der Waals surface area contributed by atoms with E-state index in [0.717, 1.165) is 5.56 Å². The number of nitrogens with two attached hydrogens (primary N) is 1. The fourth-order valence-electron chi connectivity index (χ4n) is 1.77. The average Bonchev–Trinajstić information content (AvgIpc) is 2.26. The van der Waals surface area contributed by atoms with E-state index < -0.39 is 10.0 Å². The second-order valence-electron chi connectivity index (χ2n) is 5.98. The Morgan fingerprint density at radius 1 is 1.30 bits per heavy atom. The summed E-state index contributed by atoms with van der Waals surface area (Å²) in [4.78, 5) is 0. The Bertz CT molecular complexity index is 632. The Balaban J connectivity index is 3.09. The molecule has 0 unspecified atom stereocenters. The second-order valence-corrected chi connectivity index (χ2v) is 7.70. The number of sulfonamides is 1. The van der Waals surface area contributed by atoms with Crippen molar-refractivity contribution >= 4 is 15.7 Å². The summed E-state index contributed by atoms with van der Waals surface area (Å²) in [5.41, 5.74) is 7.22. The van der Waals surface area contributed by atoms with Crippen LogP contribution in [0.2, 0.25) is 0 Å². The van der Waals surface area contributed by atoms with E-state index in [4.69, 9.17) is 5.73 Å². The molecular weight excluding hydrogens is 272 g/mol. The molecule has 0 saturated carbocycles. The molecule has 0 aliphatic carbocycles. The lowest BCUT2D eigenvalue weighted by Crippen LogP contribution is -2.26. The summed E-state index contributed by atoms with van der Waals surface area (Å²) in [5, 5.41) is 0. The van der Waals surface area contributed by atoms with Crippen LogP contribution in [-0.2, 0) is 10.0 Å². The van der Waals surface area contributed by atoms with E-state index in [2.05, 4.69) is 16.6 Å². The maximum Gasteiger partial charge on any atom is 0.233 e. The first-order valence-corrected chi connectivity index (χ1v) is 8.08. The van der Waals surface area contributed by atoms with Crippen LogP contribution in [0.3, 0.4) is 0 Å². The third-order valence-corrected chi connectivity index (χ3v) is 4.17. The molecule has 0 spiro atoms. The van der Waals surface area contributed by atoms with E-state index in [1.54, 1.807) is 6.07 Å². The number of aryl methyl sites for hydroxylation is 1. The van der Waals surface area contributed by atoms with Gasteiger partial charge in [-0.15, -0.1) is 0 Å². The van der Waals surface area contributed by atoms with E-state index in [1.807, 2.05) is 39.8 Å². The van der Waals surface area contributed by atoms with E-state index in [-0.39, 0.29) is 17.7 Å². The number of anilines is 1. The monoisotopic (exact) mass is 294 g/mol. The molecule has 0 amide bonds. The molecule has 0 heterocycles. The second kappa shape index (κ2) is 6.29. The minimum atomic E-state index is -3.40. The van der Waals surface area contributed by atoms with Crippen molar-refractivity contribution in [1.82, 2.24) is 0 Å². The van der Waals surface area contributed by atoms with Gasteiger partial charge in [-0.2, -0.15) is 0 Å². The van der Waals surface area contributed by atoms with Gasteiger partial charge in [-0.3, -0.25) is 4.72 Å². The summed E-state index contributed by atoms with van der Waals surface area (Å²) in [5.74, 6) is 5.70. The zero-order valence-electron chi connectivity index (χ0n) is 12.4. The summed E-state index contributed by atoms with van der Waals surface area (Å²) in [7, 11) is -3.40. The van der Waals surface area contributed by atoms with Gasteiger partial charge in [0.05, 0.1) is 18.0 Å². The molecule has 1 aromatic carbocycles. The van der Waals surface area contributed by atoms with Gasteiger partial charge in [0.15, 0.2) is 0 Å². The lowest BCUT2D eigenvalue weighted by molar-refractivity contribution is 0.463. The van der Waals surface area contributed by atoms with Gasteiger partial charge in [0.1, 0.15) is 0 Å². The molecule has 0 atom stereocenters. The lowest BCUT2D eigenvalue weighted by atomic mass is 10.0. The van der Waals surface area contributed by atoms with Gasteiger partial charge in [-0.1, -0.05) is 38.7 Å². The van der Waals surface area contributed by atoms with Crippen molar-refractivity contribution in [3.05, 3.63) is 29.3 Å². The number of hydrogen-bond donors (Lipinski definition) is 2. The number of benzene rings is 1. The minimum absolute atomic E-state index is 0.0532. The van der Waals surface area contributed by atoms with Crippen LogP contribution in [0.5, 0.6) is 0 Å². The molecule has 110 valence electrons. The van der Waals surface area contributed by atoms with Gasteiger partial charge in [0, 0.05) is 5.56 Å². The molecule has 0 aromatic heterocycles. The predicted molar refractivity (Wildman–Crippen MR) is 84.0 cm³/mol. The highest BCUT2D eigenvalue weighted by molar-refractivity contribution is 7.92. The normalized spacial score (nSPS) is 11.7. The van der Waals surface area contributed by atoms with Crippen LogP contribution < -0.4 is 10.5 Å². The largest absolute Gasteiger partial charge is 0.320 e. The van der Waals surface area contributed by atoms with Gasteiger partial charge in [0.25, 0.3) is 0 Å². The number of nitrogens with one attached hydrogen (secondary N) is 1. The van der Waals surface area contributed by atoms with Crippen LogP contribution in [0.25, 0.3) is 0 Å². The Hall–Kier alpha value is -1.51. The molecule has 0 aliphatic rings. The molecule has 3 N–H and O–H groups in total. The molecule has 20 heavy (non-hydrogen) atoms. The zero-order chi connectivity index (χ0) is 15.4. The van der Waals surface area contributed by atoms with Crippen molar-refractivity contribution in [2.45, 2.75) is 27.7 Å². The highest BCUT2D eigenvalue weighted by atomic mass is 32.2. The van der Waals surface area contributed by atoms with Gasteiger partial charge >= 0.3 is 0 Å². The van der Waals surface area contributed by atoms with E-state index in [0.29, 0.717) is 11.3 Å². The summed E-state index contributed by atoms with van der Waals surface area (Å²) in [6.45, 7) is 7.83. The smallest absolute Gasteiger partial charge is 0.233 e. The molecule has 0 fully saturated rings. The lowest BCUT2D eigenvalue weighted by Gasteiger charge is -2.19. The summed E-state index contributed by atoms with van der Waals surface area (Å²) in [6.07, 6.45) is 0. The molecule has 4 nitrogen and oxygen atoms in total. The Kier molecular flexibility index (Phi) is 5.21. The Morgan fingerprint density at radius 2 is 1.95 bits per heavy atom. The van der Waals surface area contributed by atoms with Crippen LogP contribution in [0, 0.1) is 24.2 Å². The van der Waals surface area contributed by atoms with Crippen molar-refractivity contribution in [2.24, 2.45) is 11.1 Å². The summed E-state index contributed by atoms with van der Waals surface area (Å²) in [6, 6.07) is 5.43. The predicted octanol–water partition coefficient (Wildman–Crippen LogP) is 2.09. The molecular formula is C15H22N2O2S. The zero-order valence-corrected chi connectivity index (χ0v) is 13.3. The van der Waals surface area contributed by atoms with E-state index >= 15 is 0 Å². The van der Waals surface area contributed by atoms with Crippen molar-refractivity contribution < 1.29 is 8.42 Å². The summed E-state index contributed by atoms with van der Waals surface area (Å²) >= 11 is 0. The van der Waals surface area contributed by atoms with Gasteiger partial charge in [-0.05, 0) is 30.0 Å². The highest BCUT2D eigenvalue weighted by Crippen LogP contribution is 2.21. The van der Waals surface area contributed by atoms with E-state index in [1.165, 1.54) is 0 Å². The molecule has 0 aliphatic heterocycles. The third kappa shape index (κ3) is 5.64. The maximum atomic E-state index is 12.1. The molecule has 1 aromatic rings. The maximum absolute atomic E-state index is 12.1. The molecule has 0 saturated heterocycles. The number of rotatable bonds is 3. The van der Waals surface area contributed by atoms with Crippen LogP contribution >= 0.6 is 0 Å². The van der Waals surface area contributed by atoms with E-state index in [9.17, 15) is 8.42 Å². The fourth-order valence-corrected chi connectivity index (χ4v) is 3.50. The first-order valence-electron chi connectivity index (χ1n) is 6.43. The Labute approximate surface area is 121 Å². The topological polar surface area (TPSA) is 72.2 Å². The first-order chi connectivity index (χ1) is 9.13. The SMILES string of the molecule is Cc1ccc(NS(=O)(=O)CC(C)(C)C)c(C#CCN)c1. The number of hydrogen-bond acceptors (Lipinski definition) is 3.